The third kappa shape index (κ3) is 3.74. The monoisotopic (exact) mass is 387 g/mol. The quantitative estimate of drug-likeness (QED) is 0.810. The molecule has 1 amide bonds. The summed E-state index contributed by atoms with van der Waals surface area (Å²) in [5.41, 5.74) is 7.16. The molecule has 0 radical (unpaired) electrons. The fraction of sp³-hybridized carbons (Fsp3) is 0.429. The molecule has 1 aromatic heterocycles. The van der Waals surface area contributed by atoms with Crippen LogP contribution in [0, 0.1) is 17.3 Å². The van der Waals surface area contributed by atoms with Gasteiger partial charge < -0.3 is 15.8 Å². The summed E-state index contributed by atoms with van der Waals surface area (Å²) in [5, 5.41) is 3.10. The number of hydrogen-bond acceptors (Lipinski definition) is 4. The summed E-state index contributed by atoms with van der Waals surface area (Å²) in [6.07, 6.45) is 6.89. The van der Waals surface area contributed by atoms with E-state index >= 15 is 0 Å². The summed E-state index contributed by atoms with van der Waals surface area (Å²) in [4.78, 5) is 17.5. The normalized spacial score (nSPS) is 25.7. The van der Waals surface area contributed by atoms with E-state index in [9.17, 15) is 4.79 Å². The first-order valence-electron chi connectivity index (χ1n) is 9.25. The fourth-order valence-corrected chi connectivity index (χ4v) is 4.90. The molecular formula is C21H26ClN3O2. The molecule has 1 heterocycles. The highest BCUT2D eigenvalue weighted by molar-refractivity contribution is 5.96. The van der Waals surface area contributed by atoms with Gasteiger partial charge in [-0.2, -0.15) is 0 Å². The lowest BCUT2D eigenvalue weighted by Crippen LogP contribution is -2.42. The maximum atomic E-state index is 13.4. The van der Waals surface area contributed by atoms with Crippen LogP contribution in [0.3, 0.4) is 0 Å². The van der Waals surface area contributed by atoms with Gasteiger partial charge in [0, 0.05) is 0 Å². The van der Waals surface area contributed by atoms with Gasteiger partial charge in [0.05, 0.1) is 24.4 Å². The lowest BCUT2D eigenvalue weighted by molar-refractivity contribution is -0.128. The molecular weight excluding hydrogens is 362 g/mol. The smallest absolute Gasteiger partial charge is 0.231 e. The van der Waals surface area contributed by atoms with Gasteiger partial charge in [-0.25, -0.2) is 4.98 Å². The summed E-state index contributed by atoms with van der Waals surface area (Å²) in [6.45, 7) is 0. The number of nitrogens with zero attached hydrogens (tertiary/aromatic N) is 1. The van der Waals surface area contributed by atoms with Gasteiger partial charge in [0.2, 0.25) is 5.91 Å². The number of pyridine rings is 1. The predicted molar refractivity (Wildman–Crippen MR) is 109 cm³/mol. The second-order valence-corrected chi connectivity index (χ2v) is 7.69. The fourth-order valence-electron chi connectivity index (χ4n) is 4.90. The molecule has 0 aliphatic heterocycles. The van der Waals surface area contributed by atoms with Gasteiger partial charge >= 0.3 is 0 Å². The number of amides is 1. The molecule has 3 unspecified atom stereocenters. The molecule has 3 N–H and O–H groups in total. The number of nitrogens with two attached hydrogens (primary N) is 1. The maximum absolute atomic E-state index is 13.4. The van der Waals surface area contributed by atoms with Crippen molar-refractivity contribution in [2.24, 2.45) is 17.3 Å². The SMILES string of the molecule is COc1cccc(CC2(C(=O)Nc3ccc(N)nc3)CC3CCC2C3)c1.Cl. The molecule has 0 saturated heterocycles. The highest BCUT2D eigenvalue weighted by Gasteiger charge is 2.55. The highest BCUT2D eigenvalue weighted by Crippen LogP contribution is 2.57. The zero-order chi connectivity index (χ0) is 18.1. The van der Waals surface area contributed by atoms with Crippen LogP contribution in [-0.2, 0) is 11.2 Å². The number of ether oxygens (including phenoxy) is 1. The average molecular weight is 388 g/mol. The Hall–Kier alpha value is -2.27. The minimum absolute atomic E-state index is 0. The Labute approximate surface area is 166 Å². The van der Waals surface area contributed by atoms with Crippen molar-refractivity contribution >= 4 is 29.8 Å². The molecule has 2 bridgehead atoms. The van der Waals surface area contributed by atoms with Crippen molar-refractivity contribution in [2.75, 3.05) is 18.2 Å². The van der Waals surface area contributed by atoms with Gasteiger partial charge in [-0.3, -0.25) is 4.79 Å². The second kappa shape index (κ2) is 7.77. The van der Waals surface area contributed by atoms with Crippen molar-refractivity contribution in [3.8, 4) is 5.75 Å². The lowest BCUT2D eigenvalue weighted by Gasteiger charge is -2.36. The Balaban J connectivity index is 0.00000210. The Morgan fingerprint density at radius 2 is 2.19 bits per heavy atom. The van der Waals surface area contributed by atoms with Gasteiger partial charge in [0.25, 0.3) is 0 Å². The Kier molecular flexibility index (Phi) is 5.61. The molecule has 6 heteroatoms. The largest absolute Gasteiger partial charge is 0.497 e. The standard InChI is InChI=1S/C21H25N3O2.ClH/c1-26-18-4-2-3-14(10-18)11-21(12-15-5-6-16(21)9-15)20(25)24-17-7-8-19(22)23-13-17;/h2-4,7-8,10,13,15-16H,5-6,9,11-12H2,1H3,(H2,22,23)(H,24,25);1H. The van der Waals surface area contributed by atoms with E-state index in [1.165, 1.54) is 6.42 Å². The van der Waals surface area contributed by atoms with Crippen LogP contribution in [0.5, 0.6) is 5.75 Å². The van der Waals surface area contributed by atoms with Crippen LogP contribution in [0.25, 0.3) is 0 Å². The molecule has 27 heavy (non-hydrogen) atoms. The molecule has 2 aliphatic rings. The van der Waals surface area contributed by atoms with Gasteiger partial charge in [0.1, 0.15) is 11.6 Å². The van der Waals surface area contributed by atoms with E-state index < -0.39 is 0 Å². The van der Waals surface area contributed by atoms with Gasteiger partial charge in [0.15, 0.2) is 0 Å². The van der Waals surface area contributed by atoms with E-state index in [0.717, 1.165) is 37.0 Å². The van der Waals surface area contributed by atoms with Gasteiger partial charge in [-0.15, -0.1) is 12.4 Å². The number of rotatable bonds is 5. The van der Waals surface area contributed by atoms with Crippen molar-refractivity contribution in [2.45, 2.75) is 32.1 Å². The van der Waals surface area contributed by atoms with E-state index in [0.29, 0.717) is 23.3 Å². The Morgan fingerprint density at radius 1 is 1.33 bits per heavy atom. The maximum Gasteiger partial charge on any atom is 0.231 e. The summed E-state index contributed by atoms with van der Waals surface area (Å²) in [5.74, 6) is 2.51. The minimum atomic E-state index is -0.351. The van der Waals surface area contributed by atoms with E-state index in [4.69, 9.17) is 10.5 Å². The topological polar surface area (TPSA) is 77.2 Å². The van der Waals surface area contributed by atoms with E-state index in [1.54, 1.807) is 19.4 Å². The Bertz CT molecular complexity index is 811. The third-order valence-electron chi connectivity index (χ3n) is 6.13. The Morgan fingerprint density at radius 3 is 2.81 bits per heavy atom. The lowest BCUT2D eigenvalue weighted by atomic mass is 9.68. The summed E-state index contributed by atoms with van der Waals surface area (Å²) in [6, 6.07) is 11.6. The minimum Gasteiger partial charge on any atom is -0.497 e. The molecule has 2 saturated carbocycles. The predicted octanol–water partition coefficient (Wildman–Crippen LogP) is 4.08. The molecule has 2 fully saturated rings. The first-order chi connectivity index (χ1) is 12.6. The number of carbonyl (C=O) groups is 1. The first-order valence-corrected chi connectivity index (χ1v) is 9.25. The van der Waals surface area contributed by atoms with Crippen molar-refractivity contribution in [3.63, 3.8) is 0 Å². The molecule has 5 nitrogen and oxygen atoms in total. The summed E-state index contributed by atoms with van der Waals surface area (Å²) >= 11 is 0. The van der Waals surface area contributed by atoms with Gasteiger partial charge in [-0.05, 0) is 67.3 Å². The van der Waals surface area contributed by atoms with Crippen LogP contribution < -0.4 is 15.8 Å². The van der Waals surface area contributed by atoms with Crippen LogP contribution in [0.15, 0.2) is 42.6 Å². The van der Waals surface area contributed by atoms with Crippen LogP contribution >= 0.6 is 12.4 Å². The van der Waals surface area contributed by atoms with Crippen LogP contribution in [-0.4, -0.2) is 18.0 Å². The number of carbonyl (C=O) groups excluding carboxylic acids is 1. The molecule has 1 aromatic carbocycles. The van der Waals surface area contributed by atoms with Crippen molar-refractivity contribution in [1.29, 1.82) is 0 Å². The van der Waals surface area contributed by atoms with E-state index in [1.807, 2.05) is 24.3 Å². The zero-order valence-electron chi connectivity index (χ0n) is 15.5. The summed E-state index contributed by atoms with van der Waals surface area (Å²) in [7, 11) is 1.67. The molecule has 2 aliphatic carbocycles. The number of benzene rings is 1. The number of methoxy groups -OCH3 is 1. The molecule has 144 valence electrons. The molecule has 3 atom stereocenters. The summed E-state index contributed by atoms with van der Waals surface area (Å²) < 4.78 is 5.36. The van der Waals surface area contributed by atoms with Crippen LogP contribution in [0.4, 0.5) is 11.5 Å². The molecule has 4 rings (SSSR count). The molecule has 0 spiro atoms. The first kappa shape index (κ1) is 19.5. The number of hydrogen-bond donors (Lipinski definition) is 2. The molecule has 2 aromatic rings. The van der Waals surface area contributed by atoms with Crippen LogP contribution in [0.2, 0.25) is 0 Å². The number of halogens is 1. The van der Waals surface area contributed by atoms with E-state index in [-0.39, 0.29) is 23.7 Å². The highest BCUT2D eigenvalue weighted by atomic mass is 35.5. The number of nitrogens with one attached hydrogen (secondary N) is 1. The van der Waals surface area contributed by atoms with Crippen molar-refractivity contribution in [3.05, 3.63) is 48.2 Å². The number of aromatic nitrogens is 1. The zero-order valence-corrected chi connectivity index (χ0v) is 16.3. The average Bonchev–Trinajstić information content (AvgIpc) is 3.25. The number of nitrogen functional groups attached to an aromatic ring is 1. The number of anilines is 2. The number of fused-ring (bicyclic) bond motifs is 2. The van der Waals surface area contributed by atoms with Gasteiger partial charge in [-0.1, -0.05) is 18.6 Å². The van der Waals surface area contributed by atoms with Crippen LogP contribution in [0.1, 0.15) is 31.2 Å². The van der Waals surface area contributed by atoms with E-state index in [2.05, 4.69) is 16.4 Å². The second-order valence-electron chi connectivity index (χ2n) is 7.69. The van der Waals surface area contributed by atoms with Crippen molar-refractivity contribution < 1.29 is 9.53 Å². The third-order valence-corrected chi connectivity index (χ3v) is 6.13. The van der Waals surface area contributed by atoms with Crippen molar-refractivity contribution in [1.82, 2.24) is 4.98 Å².